The molecule has 0 spiro atoms. The molecule has 5 nitrogen and oxygen atoms in total. The van der Waals surface area contributed by atoms with Crippen molar-refractivity contribution in [3.63, 3.8) is 0 Å². The lowest BCUT2D eigenvalue weighted by atomic mass is 10.1. The first-order chi connectivity index (χ1) is 10.4. The van der Waals surface area contributed by atoms with Gasteiger partial charge in [0, 0.05) is 10.9 Å². The highest BCUT2D eigenvalue weighted by Crippen LogP contribution is 2.35. The first-order valence-corrected chi connectivity index (χ1v) is 8.24. The molecule has 2 aromatic rings. The van der Waals surface area contributed by atoms with E-state index in [0.29, 0.717) is 20.9 Å². The number of thiazole rings is 1. The fourth-order valence-electron chi connectivity index (χ4n) is 1.82. The van der Waals surface area contributed by atoms with Crippen LogP contribution in [0.3, 0.4) is 0 Å². The zero-order valence-electron chi connectivity index (χ0n) is 11.8. The normalized spacial score (nSPS) is 10.4. The lowest BCUT2D eigenvalue weighted by Gasteiger charge is -2.13. The second kappa shape index (κ2) is 7.21. The van der Waals surface area contributed by atoms with Gasteiger partial charge in [-0.2, -0.15) is 0 Å². The number of ketones is 1. The summed E-state index contributed by atoms with van der Waals surface area (Å²) >= 11 is 10.8. The van der Waals surface area contributed by atoms with Crippen LogP contribution in [0.5, 0.6) is 5.75 Å². The number of carbonyl (C=O) groups is 2. The highest BCUT2D eigenvalue weighted by Gasteiger charge is 2.18. The van der Waals surface area contributed by atoms with Crippen molar-refractivity contribution in [1.29, 1.82) is 0 Å². The molecule has 22 heavy (non-hydrogen) atoms. The Hall–Kier alpha value is -1.44. The van der Waals surface area contributed by atoms with E-state index in [4.69, 9.17) is 16.3 Å². The number of methoxy groups -OCH3 is 1. The molecule has 0 aliphatic heterocycles. The van der Waals surface area contributed by atoms with Crippen molar-refractivity contribution in [3.8, 4) is 5.75 Å². The Bertz CT molecular complexity index is 733. The van der Waals surface area contributed by atoms with Crippen LogP contribution in [-0.4, -0.2) is 23.8 Å². The van der Waals surface area contributed by atoms with Crippen LogP contribution in [0.25, 0.3) is 0 Å². The molecule has 1 aromatic heterocycles. The number of anilines is 1. The van der Waals surface area contributed by atoms with Crippen molar-refractivity contribution < 1.29 is 14.3 Å². The van der Waals surface area contributed by atoms with Crippen molar-refractivity contribution in [1.82, 2.24) is 4.98 Å². The molecule has 8 heteroatoms. The molecule has 1 amide bonds. The summed E-state index contributed by atoms with van der Waals surface area (Å²) in [6.45, 7) is 1.41. The molecule has 0 unspecified atom stereocenters. The first kappa shape index (κ1) is 16.9. The molecule has 0 saturated carbocycles. The van der Waals surface area contributed by atoms with Gasteiger partial charge in [0.15, 0.2) is 5.78 Å². The van der Waals surface area contributed by atoms with Crippen molar-refractivity contribution in [3.05, 3.63) is 37.7 Å². The monoisotopic (exact) mass is 402 g/mol. The van der Waals surface area contributed by atoms with Gasteiger partial charge < -0.3 is 10.1 Å². The summed E-state index contributed by atoms with van der Waals surface area (Å²) in [7, 11) is 1.47. The minimum absolute atomic E-state index is 0.0984. The lowest BCUT2D eigenvalue weighted by molar-refractivity contribution is -0.115. The van der Waals surface area contributed by atoms with Crippen LogP contribution >= 0.6 is 38.9 Å². The Labute approximate surface area is 144 Å². The van der Waals surface area contributed by atoms with E-state index >= 15 is 0 Å². The maximum absolute atomic E-state index is 12.1. The summed E-state index contributed by atoms with van der Waals surface area (Å²) in [6, 6.07) is 3.16. The number of Topliss-reactive ketones (excluding diaryl/α,β-unsaturated/α-hetero) is 1. The molecule has 1 heterocycles. The first-order valence-electron chi connectivity index (χ1n) is 6.19. The minimum Gasteiger partial charge on any atom is -0.495 e. The SMILES string of the molecule is COc1ccc(C(C)=O)c(NC(=O)Cc2nc(Br)cs2)c1Cl. The molecule has 2 rings (SSSR count). The molecular formula is C14H12BrClN2O3S. The maximum atomic E-state index is 12.1. The summed E-state index contributed by atoms with van der Waals surface area (Å²) in [6.07, 6.45) is 0.0984. The van der Waals surface area contributed by atoms with Gasteiger partial charge in [0.1, 0.15) is 20.4 Å². The van der Waals surface area contributed by atoms with E-state index < -0.39 is 0 Å². The minimum atomic E-state index is -0.306. The van der Waals surface area contributed by atoms with E-state index in [9.17, 15) is 9.59 Å². The van der Waals surface area contributed by atoms with E-state index in [0.717, 1.165) is 0 Å². The van der Waals surface area contributed by atoms with Crippen LogP contribution in [0.15, 0.2) is 22.1 Å². The number of hydrogen-bond acceptors (Lipinski definition) is 5. The zero-order valence-corrected chi connectivity index (χ0v) is 14.9. The fourth-order valence-corrected chi connectivity index (χ4v) is 3.37. The van der Waals surface area contributed by atoms with Gasteiger partial charge in [0.25, 0.3) is 0 Å². The third-order valence-electron chi connectivity index (χ3n) is 2.81. The molecule has 1 aromatic carbocycles. The van der Waals surface area contributed by atoms with E-state index in [-0.39, 0.29) is 28.8 Å². The van der Waals surface area contributed by atoms with Gasteiger partial charge in [0.05, 0.1) is 19.2 Å². The number of carbonyl (C=O) groups excluding carboxylic acids is 2. The van der Waals surface area contributed by atoms with Gasteiger partial charge in [-0.15, -0.1) is 11.3 Å². The quantitative estimate of drug-likeness (QED) is 0.768. The van der Waals surface area contributed by atoms with Crippen LogP contribution in [0, 0.1) is 0 Å². The number of aromatic nitrogens is 1. The topological polar surface area (TPSA) is 68.3 Å². The molecule has 116 valence electrons. The Kier molecular flexibility index (Phi) is 5.55. The standard InChI is InChI=1S/C14H12BrClN2O3S/c1-7(19)8-3-4-9(21-2)13(16)14(8)18-11(20)5-12-17-10(15)6-22-12/h3-4,6H,5H2,1-2H3,(H,18,20). The number of benzene rings is 1. The number of amides is 1. The number of nitrogens with one attached hydrogen (secondary N) is 1. The number of hydrogen-bond donors (Lipinski definition) is 1. The molecule has 0 bridgehead atoms. The largest absolute Gasteiger partial charge is 0.495 e. The van der Waals surface area contributed by atoms with Crippen LogP contribution in [-0.2, 0) is 11.2 Å². The van der Waals surface area contributed by atoms with Crippen molar-refractivity contribution in [2.24, 2.45) is 0 Å². The smallest absolute Gasteiger partial charge is 0.231 e. The maximum Gasteiger partial charge on any atom is 0.231 e. The molecule has 0 fully saturated rings. The highest BCUT2D eigenvalue weighted by atomic mass is 79.9. The molecule has 0 radical (unpaired) electrons. The third kappa shape index (κ3) is 3.85. The average Bonchev–Trinajstić information content (AvgIpc) is 2.85. The molecule has 1 N–H and O–H groups in total. The Morgan fingerprint density at radius 2 is 2.18 bits per heavy atom. The fraction of sp³-hybridized carbons (Fsp3) is 0.214. The zero-order chi connectivity index (χ0) is 16.3. The van der Waals surface area contributed by atoms with Gasteiger partial charge in [-0.25, -0.2) is 4.98 Å². The number of nitrogens with zero attached hydrogens (tertiary/aromatic N) is 1. The summed E-state index contributed by atoms with van der Waals surface area (Å²) in [4.78, 5) is 28.0. The number of rotatable bonds is 5. The van der Waals surface area contributed by atoms with Crippen LogP contribution in [0.4, 0.5) is 5.69 Å². The predicted molar refractivity (Wildman–Crippen MR) is 90.2 cm³/mol. The van der Waals surface area contributed by atoms with Crippen molar-refractivity contribution in [2.45, 2.75) is 13.3 Å². The van der Waals surface area contributed by atoms with Crippen molar-refractivity contribution in [2.75, 3.05) is 12.4 Å². The molecule has 0 aliphatic rings. The Morgan fingerprint density at radius 1 is 1.45 bits per heavy atom. The van der Waals surface area contributed by atoms with E-state index in [1.54, 1.807) is 17.5 Å². The second-order valence-corrected chi connectivity index (χ2v) is 6.48. The molecule has 0 aliphatic carbocycles. The van der Waals surface area contributed by atoms with Gasteiger partial charge in [-0.05, 0) is 35.0 Å². The Morgan fingerprint density at radius 3 is 2.73 bits per heavy atom. The van der Waals surface area contributed by atoms with Gasteiger partial charge in [-0.1, -0.05) is 11.6 Å². The molecule has 0 atom stereocenters. The Balaban J connectivity index is 2.27. The van der Waals surface area contributed by atoms with E-state index in [1.807, 2.05) is 0 Å². The predicted octanol–water partition coefficient (Wildman–Crippen LogP) is 3.95. The van der Waals surface area contributed by atoms with Gasteiger partial charge >= 0.3 is 0 Å². The summed E-state index contributed by atoms with van der Waals surface area (Å²) in [5, 5.41) is 5.32. The molecule has 0 saturated heterocycles. The third-order valence-corrected chi connectivity index (χ3v) is 4.74. The number of halogens is 2. The van der Waals surface area contributed by atoms with E-state index in [1.165, 1.54) is 25.4 Å². The summed E-state index contributed by atoms with van der Waals surface area (Å²) in [5.41, 5.74) is 0.591. The molecular weight excluding hydrogens is 392 g/mol. The summed E-state index contributed by atoms with van der Waals surface area (Å²) in [5.74, 6) is -0.115. The van der Waals surface area contributed by atoms with Gasteiger partial charge in [-0.3, -0.25) is 9.59 Å². The van der Waals surface area contributed by atoms with Gasteiger partial charge in [0.2, 0.25) is 5.91 Å². The number of ether oxygens (including phenoxy) is 1. The van der Waals surface area contributed by atoms with Crippen LogP contribution < -0.4 is 10.1 Å². The second-order valence-electron chi connectivity index (χ2n) is 4.35. The highest BCUT2D eigenvalue weighted by molar-refractivity contribution is 9.10. The van der Waals surface area contributed by atoms with Crippen LogP contribution in [0.1, 0.15) is 22.3 Å². The summed E-state index contributed by atoms with van der Waals surface area (Å²) < 4.78 is 5.80. The van der Waals surface area contributed by atoms with E-state index in [2.05, 4.69) is 26.2 Å². The van der Waals surface area contributed by atoms with Crippen LogP contribution in [0.2, 0.25) is 5.02 Å². The average molecular weight is 404 g/mol. The van der Waals surface area contributed by atoms with Crippen molar-refractivity contribution >= 4 is 56.2 Å². The lowest BCUT2D eigenvalue weighted by Crippen LogP contribution is -2.17.